The molecule has 4 heteroatoms. The van der Waals surface area contributed by atoms with Crippen LogP contribution in [0.4, 0.5) is 0 Å². The normalized spacial score (nSPS) is 10.7. The average molecular weight is 256 g/mol. The first-order valence-electron chi connectivity index (χ1n) is 5.60. The second-order valence-electron chi connectivity index (χ2n) is 3.99. The van der Waals surface area contributed by atoms with E-state index in [4.69, 9.17) is 5.11 Å². The summed E-state index contributed by atoms with van der Waals surface area (Å²) >= 11 is 0. The Labute approximate surface area is 109 Å². The number of hydrogen-bond acceptors (Lipinski definition) is 4. The maximum atomic E-state index is 11.9. The van der Waals surface area contributed by atoms with Crippen molar-refractivity contribution in [2.24, 2.45) is 0 Å². The molecule has 0 bridgehead atoms. The number of ketones is 1. The van der Waals surface area contributed by atoms with E-state index < -0.39 is 5.78 Å². The highest BCUT2D eigenvalue weighted by atomic mass is 16.3. The van der Waals surface area contributed by atoms with Gasteiger partial charge in [0, 0.05) is 0 Å². The molecule has 2 rings (SSSR count). The van der Waals surface area contributed by atoms with Gasteiger partial charge in [0.25, 0.3) is 0 Å². The summed E-state index contributed by atoms with van der Waals surface area (Å²) in [6, 6.07) is 10.1. The van der Waals surface area contributed by atoms with Gasteiger partial charge >= 0.3 is 0 Å². The molecule has 4 nitrogen and oxygen atoms in total. The molecule has 2 aromatic rings. The van der Waals surface area contributed by atoms with Crippen molar-refractivity contribution in [1.82, 2.24) is 0 Å². The van der Waals surface area contributed by atoms with Gasteiger partial charge in [-0.15, -0.1) is 0 Å². The molecular formula is C15H12O4. The lowest BCUT2D eigenvalue weighted by atomic mass is 10.1. The minimum Gasteiger partial charge on any atom is -0.508 e. The van der Waals surface area contributed by atoms with Gasteiger partial charge in [-0.05, 0) is 42.0 Å². The Hall–Kier alpha value is -2.75. The summed E-state index contributed by atoms with van der Waals surface area (Å²) in [5.41, 5.74) is 0.779. The molecule has 0 heterocycles. The fourth-order valence-electron chi connectivity index (χ4n) is 1.57. The topological polar surface area (TPSA) is 77.8 Å². The molecule has 0 amide bonds. The maximum Gasteiger partial charge on any atom is 0.189 e. The number of carbonyl (C=O) groups excluding carboxylic acids is 1. The number of rotatable bonds is 3. The second kappa shape index (κ2) is 5.27. The van der Waals surface area contributed by atoms with Crippen LogP contribution in [-0.4, -0.2) is 21.1 Å². The molecule has 3 N–H and O–H groups in total. The van der Waals surface area contributed by atoms with Gasteiger partial charge in [-0.25, -0.2) is 0 Å². The molecule has 0 aliphatic carbocycles. The number of carbonyl (C=O) groups is 1. The van der Waals surface area contributed by atoms with E-state index in [1.165, 1.54) is 36.4 Å². The van der Waals surface area contributed by atoms with Crippen LogP contribution in [0.1, 0.15) is 15.9 Å². The molecule has 0 saturated carbocycles. The molecule has 0 atom stereocenters. The predicted molar refractivity (Wildman–Crippen MR) is 71.2 cm³/mol. The summed E-state index contributed by atoms with van der Waals surface area (Å²) in [6.07, 6.45) is 2.85. The van der Waals surface area contributed by atoms with Gasteiger partial charge in [-0.1, -0.05) is 18.2 Å². The lowest BCUT2D eigenvalue weighted by Crippen LogP contribution is -1.94. The first kappa shape index (κ1) is 12.7. The van der Waals surface area contributed by atoms with E-state index in [-0.39, 0.29) is 22.8 Å². The van der Waals surface area contributed by atoms with Crippen molar-refractivity contribution in [2.45, 2.75) is 0 Å². The lowest BCUT2D eigenvalue weighted by Gasteiger charge is -2.01. The summed E-state index contributed by atoms with van der Waals surface area (Å²) in [6.45, 7) is 0. The van der Waals surface area contributed by atoms with E-state index in [1.54, 1.807) is 18.2 Å². The largest absolute Gasteiger partial charge is 0.508 e. The summed E-state index contributed by atoms with van der Waals surface area (Å²) < 4.78 is 0. The van der Waals surface area contributed by atoms with Gasteiger partial charge in [-0.3, -0.25) is 4.79 Å². The third-order valence-electron chi connectivity index (χ3n) is 2.57. The summed E-state index contributed by atoms with van der Waals surface area (Å²) in [5, 5.41) is 28.0. The number of aromatic hydroxyl groups is 3. The smallest absolute Gasteiger partial charge is 0.189 e. The zero-order valence-corrected chi connectivity index (χ0v) is 9.95. The van der Waals surface area contributed by atoms with Crippen molar-refractivity contribution in [3.05, 3.63) is 59.7 Å². The Morgan fingerprint density at radius 2 is 1.53 bits per heavy atom. The first-order valence-corrected chi connectivity index (χ1v) is 5.60. The quantitative estimate of drug-likeness (QED) is 0.448. The highest BCUT2D eigenvalue weighted by Crippen LogP contribution is 2.23. The highest BCUT2D eigenvalue weighted by Gasteiger charge is 2.08. The molecule has 0 fully saturated rings. The van der Waals surface area contributed by atoms with Crippen molar-refractivity contribution < 1.29 is 20.1 Å². The zero-order valence-electron chi connectivity index (χ0n) is 9.95. The molecule has 0 aromatic heterocycles. The van der Waals surface area contributed by atoms with Crippen LogP contribution in [-0.2, 0) is 0 Å². The molecule has 19 heavy (non-hydrogen) atoms. The Morgan fingerprint density at radius 3 is 2.21 bits per heavy atom. The molecule has 0 aliphatic rings. The minimum atomic E-state index is -0.415. The Bertz CT molecular complexity index is 627. The predicted octanol–water partition coefficient (Wildman–Crippen LogP) is 2.70. The Balaban J connectivity index is 2.21. The van der Waals surface area contributed by atoms with Crippen molar-refractivity contribution in [3.8, 4) is 17.2 Å². The van der Waals surface area contributed by atoms with Gasteiger partial charge in [0.15, 0.2) is 5.78 Å². The minimum absolute atomic E-state index is 0.0371. The van der Waals surface area contributed by atoms with Crippen LogP contribution in [0, 0.1) is 0 Å². The molecule has 0 spiro atoms. The van der Waals surface area contributed by atoms with Crippen LogP contribution < -0.4 is 0 Å². The number of hydrogen-bond donors (Lipinski definition) is 3. The van der Waals surface area contributed by atoms with Crippen LogP contribution in [0.3, 0.4) is 0 Å². The van der Waals surface area contributed by atoms with E-state index in [2.05, 4.69) is 0 Å². The van der Waals surface area contributed by atoms with E-state index in [0.29, 0.717) is 0 Å². The number of benzene rings is 2. The molecule has 0 saturated heterocycles. The van der Waals surface area contributed by atoms with Gasteiger partial charge in [0.05, 0.1) is 5.56 Å². The van der Waals surface area contributed by atoms with Gasteiger partial charge < -0.3 is 15.3 Å². The standard InChI is InChI=1S/C15H12O4/c16-11-4-1-10(2-5-11)3-7-14(18)13-9-12(17)6-8-15(13)19/h1-9,16-17,19H. The van der Waals surface area contributed by atoms with Crippen LogP contribution >= 0.6 is 0 Å². The van der Waals surface area contributed by atoms with E-state index in [0.717, 1.165) is 5.56 Å². The van der Waals surface area contributed by atoms with Crippen molar-refractivity contribution >= 4 is 11.9 Å². The summed E-state index contributed by atoms with van der Waals surface area (Å²) in [5.74, 6) is -0.534. The fourth-order valence-corrected chi connectivity index (χ4v) is 1.57. The third kappa shape index (κ3) is 3.13. The Morgan fingerprint density at radius 1 is 0.895 bits per heavy atom. The second-order valence-corrected chi connectivity index (χ2v) is 3.99. The van der Waals surface area contributed by atoms with E-state index in [9.17, 15) is 15.0 Å². The van der Waals surface area contributed by atoms with Crippen LogP contribution in [0.5, 0.6) is 17.2 Å². The zero-order chi connectivity index (χ0) is 13.8. The summed E-state index contributed by atoms with van der Waals surface area (Å²) in [4.78, 5) is 11.9. The van der Waals surface area contributed by atoms with E-state index in [1.807, 2.05) is 0 Å². The highest BCUT2D eigenvalue weighted by molar-refractivity contribution is 6.08. The van der Waals surface area contributed by atoms with Crippen LogP contribution in [0.15, 0.2) is 48.5 Å². The molecule has 0 unspecified atom stereocenters. The fraction of sp³-hybridized carbons (Fsp3) is 0. The van der Waals surface area contributed by atoms with Crippen LogP contribution in [0.2, 0.25) is 0 Å². The van der Waals surface area contributed by atoms with Gasteiger partial charge in [-0.2, -0.15) is 0 Å². The molecule has 0 aliphatic heterocycles. The number of phenols is 3. The molecular weight excluding hydrogens is 244 g/mol. The average Bonchev–Trinajstić information content (AvgIpc) is 2.40. The monoisotopic (exact) mass is 256 g/mol. The number of allylic oxidation sites excluding steroid dienone is 1. The SMILES string of the molecule is O=C(C=Cc1ccc(O)cc1)c1cc(O)ccc1O. The Kier molecular flexibility index (Phi) is 3.52. The summed E-state index contributed by atoms with van der Waals surface area (Å²) in [7, 11) is 0. The van der Waals surface area contributed by atoms with Crippen molar-refractivity contribution in [1.29, 1.82) is 0 Å². The van der Waals surface area contributed by atoms with Crippen LogP contribution in [0.25, 0.3) is 6.08 Å². The maximum absolute atomic E-state index is 11.9. The first-order chi connectivity index (χ1) is 9.06. The van der Waals surface area contributed by atoms with Gasteiger partial charge in [0.2, 0.25) is 0 Å². The molecule has 0 radical (unpaired) electrons. The molecule has 96 valence electrons. The third-order valence-corrected chi connectivity index (χ3v) is 2.57. The van der Waals surface area contributed by atoms with Crippen molar-refractivity contribution in [2.75, 3.05) is 0 Å². The lowest BCUT2D eigenvalue weighted by molar-refractivity contribution is 0.104. The number of phenolic OH excluding ortho intramolecular Hbond substituents is 3. The van der Waals surface area contributed by atoms with Crippen molar-refractivity contribution in [3.63, 3.8) is 0 Å². The van der Waals surface area contributed by atoms with Gasteiger partial charge in [0.1, 0.15) is 17.2 Å². The van der Waals surface area contributed by atoms with E-state index >= 15 is 0 Å². The molecule has 2 aromatic carbocycles.